The Morgan fingerprint density at radius 1 is 0.390 bits per heavy atom. The molecule has 0 spiro atoms. The molecular weight excluding hydrogens is 520 g/mol. The quantitative estimate of drug-likeness (QED) is 0.222. The number of rotatable bonds is 4. The number of para-hydroxylation sites is 1. The van der Waals surface area contributed by atoms with E-state index in [-0.39, 0.29) is 0 Å². The van der Waals surface area contributed by atoms with Crippen LogP contribution in [0.2, 0.25) is 0 Å². The van der Waals surface area contributed by atoms with Gasteiger partial charge in [-0.05, 0) is 23.3 Å². The Balaban J connectivity index is 1.41. The van der Waals surface area contributed by atoms with E-state index in [9.17, 15) is 0 Å². The van der Waals surface area contributed by atoms with Gasteiger partial charge in [0.25, 0.3) is 0 Å². The summed E-state index contributed by atoms with van der Waals surface area (Å²) >= 11 is 1.70. The Hall–Kier alpha value is -5.26. The van der Waals surface area contributed by atoms with Crippen LogP contribution in [0.3, 0.4) is 0 Å². The highest BCUT2D eigenvalue weighted by atomic mass is 32.1. The van der Waals surface area contributed by atoms with Crippen molar-refractivity contribution in [1.82, 2.24) is 19.9 Å². The van der Waals surface area contributed by atoms with Crippen molar-refractivity contribution >= 4 is 42.5 Å². The smallest absolute Gasteiger partial charge is 0.165 e. The average Bonchev–Trinajstić information content (AvgIpc) is 3.42. The summed E-state index contributed by atoms with van der Waals surface area (Å²) in [4.78, 5) is 21.3. The highest BCUT2D eigenvalue weighted by Gasteiger charge is 2.20. The molecule has 0 saturated carbocycles. The molecular formula is C36H22N4S. The molecule has 8 rings (SSSR count). The van der Waals surface area contributed by atoms with Crippen LogP contribution in [-0.4, -0.2) is 19.9 Å². The van der Waals surface area contributed by atoms with Gasteiger partial charge in [-0.15, -0.1) is 11.3 Å². The van der Waals surface area contributed by atoms with Gasteiger partial charge in [-0.25, -0.2) is 19.9 Å². The zero-order chi connectivity index (χ0) is 27.2. The van der Waals surface area contributed by atoms with Crippen molar-refractivity contribution in [3.63, 3.8) is 0 Å². The summed E-state index contributed by atoms with van der Waals surface area (Å²) in [5, 5.41) is 3.27. The molecule has 0 N–H and O–H groups in total. The average molecular weight is 543 g/mol. The number of aromatic nitrogens is 4. The predicted molar refractivity (Wildman–Crippen MR) is 170 cm³/mol. The second-order valence-electron chi connectivity index (χ2n) is 9.90. The van der Waals surface area contributed by atoms with Gasteiger partial charge in [-0.1, -0.05) is 121 Å². The first-order valence-electron chi connectivity index (χ1n) is 13.5. The highest BCUT2D eigenvalue weighted by molar-refractivity contribution is 7.25. The molecule has 5 aromatic carbocycles. The maximum absolute atomic E-state index is 5.14. The third-order valence-corrected chi connectivity index (χ3v) is 8.43. The molecule has 5 heteroatoms. The molecule has 0 aliphatic carbocycles. The van der Waals surface area contributed by atoms with Gasteiger partial charge in [0.05, 0.1) is 5.52 Å². The van der Waals surface area contributed by atoms with Gasteiger partial charge in [-0.2, -0.15) is 0 Å². The van der Waals surface area contributed by atoms with Crippen molar-refractivity contribution in [3.05, 3.63) is 133 Å². The first-order chi connectivity index (χ1) is 20.3. The van der Waals surface area contributed by atoms with Crippen molar-refractivity contribution < 1.29 is 0 Å². The predicted octanol–water partition coefficient (Wildman–Crippen LogP) is 9.46. The van der Waals surface area contributed by atoms with E-state index in [1.54, 1.807) is 11.3 Å². The molecule has 3 aromatic heterocycles. The van der Waals surface area contributed by atoms with E-state index in [1.807, 2.05) is 42.5 Å². The molecule has 0 atom stereocenters. The molecule has 3 heterocycles. The Morgan fingerprint density at radius 2 is 0.902 bits per heavy atom. The normalized spacial score (nSPS) is 11.4. The fourth-order valence-electron chi connectivity index (χ4n) is 5.39. The molecule has 0 fully saturated rings. The van der Waals surface area contributed by atoms with Gasteiger partial charge in [-0.3, -0.25) is 0 Å². The molecule has 0 unspecified atom stereocenters. The SMILES string of the molecule is c1ccc(-c2ccc(-c3nc(-c4ccccc4)nc(-c4c5ccccc5nc5sc6ccccc6c45)n3)cc2)cc1. The van der Waals surface area contributed by atoms with E-state index < -0.39 is 0 Å². The molecule has 4 nitrogen and oxygen atoms in total. The second-order valence-corrected chi connectivity index (χ2v) is 10.9. The lowest BCUT2D eigenvalue weighted by atomic mass is 10.0. The second kappa shape index (κ2) is 9.73. The van der Waals surface area contributed by atoms with Gasteiger partial charge in [0.15, 0.2) is 17.5 Å². The van der Waals surface area contributed by atoms with Crippen LogP contribution in [0.25, 0.3) is 76.5 Å². The molecule has 192 valence electrons. The van der Waals surface area contributed by atoms with Gasteiger partial charge in [0, 0.05) is 37.5 Å². The highest BCUT2D eigenvalue weighted by Crippen LogP contribution is 2.42. The summed E-state index contributed by atoms with van der Waals surface area (Å²) in [6.45, 7) is 0. The van der Waals surface area contributed by atoms with Crippen LogP contribution in [-0.2, 0) is 0 Å². The number of pyridine rings is 1. The van der Waals surface area contributed by atoms with E-state index in [4.69, 9.17) is 19.9 Å². The minimum absolute atomic E-state index is 0.641. The fourth-order valence-corrected chi connectivity index (χ4v) is 6.48. The van der Waals surface area contributed by atoms with E-state index in [0.717, 1.165) is 48.8 Å². The largest absolute Gasteiger partial charge is 0.237 e. The Kier molecular flexibility index (Phi) is 5.61. The first kappa shape index (κ1) is 23.6. The van der Waals surface area contributed by atoms with Crippen LogP contribution in [0.4, 0.5) is 0 Å². The van der Waals surface area contributed by atoms with Crippen molar-refractivity contribution in [2.45, 2.75) is 0 Å². The van der Waals surface area contributed by atoms with E-state index >= 15 is 0 Å². The molecule has 0 bridgehead atoms. The zero-order valence-corrected chi connectivity index (χ0v) is 22.7. The van der Waals surface area contributed by atoms with Crippen LogP contribution in [0.5, 0.6) is 0 Å². The lowest BCUT2D eigenvalue weighted by Gasteiger charge is -2.12. The minimum atomic E-state index is 0.641. The number of fused-ring (bicyclic) bond motifs is 4. The van der Waals surface area contributed by atoms with Crippen LogP contribution >= 0.6 is 11.3 Å². The summed E-state index contributed by atoms with van der Waals surface area (Å²) in [6.07, 6.45) is 0. The topological polar surface area (TPSA) is 51.6 Å². The number of nitrogens with zero attached hydrogens (tertiary/aromatic N) is 4. The Labute approximate surface area is 240 Å². The standard InChI is InChI=1S/C36H22N4S/c1-3-11-23(12-4-1)24-19-21-26(22-20-24)34-38-33(25-13-5-2-6-14-25)39-35(40-34)31-27-15-7-9-17-29(27)37-36-32(31)28-16-8-10-18-30(28)41-36/h1-22H. The molecule has 0 saturated heterocycles. The maximum Gasteiger partial charge on any atom is 0.165 e. The van der Waals surface area contributed by atoms with Crippen LogP contribution in [0, 0.1) is 0 Å². The fraction of sp³-hybridized carbons (Fsp3) is 0. The van der Waals surface area contributed by atoms with Crippen molar-refractivity contribution in [2.24, 2.45) is 0 Å². The zero-order valence-electron chi connectivity index (χ0n) is 21.9. The van der Waals surface area contributed by atoms with Crippen molar-refractivity contribution in [3.8, 4) is 45.3 Å². The summed E-state index contributed by atoms with van der Waals surface area (Å²) in [6, 6.07) is 45.7. The van der Waals surface area contributed by atoms with Gasteiger partial charge >= 0.3 is 0 Å². The van der Waals surface area contributed by atoms with Gasteiger partial charge < -0.3 is 0 Å². The number of thiophene rings is 1. The lowest BCUT2D eigenvalue weighted by Crippen LogP contribution is -2.01. The molecule has 0 aliphatic heterocycles. The van der Waals surface area contributed by atoms with Gasteiger partial charge in [0.1, 0.15) is 4.83 Å². The molecule has 41 heavy (non-hydrogen) atoms. The summed E-state index contributed by atoms with van der Waals surface area (Å²) in [7, 11) is 0. The minimum Gasteiger partial charge on any atom is -0.237 e. The number of hydrogen-bond donors (Lipinski definition) is 0. The van der Waals surface area contributed by atoms with E-state index in [1.165, 1.54) is 10.3 Å². The van der Waals surface area contributed by atoms with Crippen LogP contribution in [0.15, 0.2) is 133 Å². The monoisotopic (exact) mass is 542 g/mol. The van der Waals surface area contributed by atoms with Crippen LogP contribution in [0.1, 0.15) is 0 Å². The molecule has 0 radical (unpaired) electrons. The van der Waals surface area contributed by atoms with E-state index in [0.29, 0.717) is 17.5 Å². The lowest BCUT2D eigenvalue weighted by molar-refractivity contribution is 1.08. The number of hydrogen-bond acceptors (Lipinski definition) is 5. The Bertz CT molecular complexity index is 2190. The summed E-state index contributed by atoms with van der Waals surface area (Å²) in [5.74, 6) is 1.93. The first-order valence-corrected chi connectivity index (χ1v) is 14.3. The van der Waals surface area contributed by atoms with Gasteiger partial charge in [0.2, 0.25) is 0 Å². The summed E-state index contributed by atoms with van der Waals surface area (Å²) in [5.41, 5.74) is 6.13. The number of benzene rings is 5. The Morgan fingerprint density at radius 3 is 1.63 bits per heavy atom. The van der Waals surface area contributed by atoms with Crippen molar-refractivity contribution in [2.75, 3.05) is 0 Å². The third-order valence-electron chi connectivity index (χ3n) is 7.36. The van der Waals surface area contributed by atoms with E-state index in [2.05, 4.69) is 91.0 Å². The van der Waals surface area contributed by atoms with Crippen LogP contribution < -0.4 is 0 Å². The molecule has 0 aliphatic rings. The molecule has 8 aromatic rings. The maximum atomic E-state index is 5.14. The summed E-state index contributed by atoms with van der Waals surface area (Å²) < 4.78 is 1.20. The third kappa shape index (κ3) is 4.15. The molecule has 0 amide bonds. The van der Waals surface area contributed by atoms with Crippen molar-refractivity contribution in [1.29, 1.82) is 0 Å².